The van der Waals surface area contributed by atoms with E-state index in [1.807, 2.05) is 29.7 Å². The molecule has 10 nitrogen and oxygen atoms in total. The van der Waals surface area contributed by atoms with Crippen LogP contribution < -0.4 is 14.4 Å². The van der Waals surface area contributed by atoms with E-state index in [4.69, 9.17) is 26.1 Å². The normalized spacial score (nSPS) is 24.3. The topological polar surface area (TPSA) is 117 Å². The molecule has 4 aliphatic rings. The van der Waals surface area contributed by atoms with Gasteiger partial charge in [-0.2, -0.15) is 5.26 Å². The number of aromatic nitrogens is 3. The molecule has 1 saturated heterocycles. The molecule has 46 heavy (non-hydrogen) atoms. The maximum Gasteiger partial charge on any atom is 0.335 e. The lowest BCUT2D eigenvalue weighted by Gasteiger charge is -2.54. The van der Waals surface area contributed by atoms with Gasteiger partial charge in [-0.25, -0.2) is 14.2 Å². The second-order valence-corrected chi connectivity index (χ2v) is 13.5. The van der Waals surface area contributed by atoms with Crippen molar-refractivity contribution < 1.29 is 23.8 Å². The lowest BCUT2D eigenvalue weighted by Crippen LogP contribution is -2.64. The van der Waals surface area contributed by atoms with E-state index in [9.17, 15) is 15.2 Å². The minimum atomic E-state index is -1.19. The van der Waals surface area contributed by atoms with Gasteiger partial charge in [-0.1, -0.05) is 17.7 Å². The molecular weight excluding hydrogens is 611 g/mol. The lowest BCUT2D eigenvalue weighted by molar-refractivity contribution is -0.0717. The molecule has 2 aromatic carbocycles. The molecular formula is C34H32ClFN6O4. The number of carboxylic acids is 1. The highest BCUT2D eigenvalue weighted by Crippen LogP contribution is 2.52. The third-order valence-corrected chi connectivity index (χ3v) is 10.4. The Morgan fingerprint density at radius 3 is 2.70 bits per heavy atom. The molecule has 1 N–H and O–H groups in total. The minimum absolute atomic E-state index is 0.111. The van der Waals surface area contributed by atoms with Crippen LogP contribution in [0.25, 0.3) is 11.0 Å². The molecule has 3 atom stereocenters. The minimum Gasteiger partial charge on any atom is -0.478 e. The molecule has 2 aromatic heterocycles. The third kappa shape index (κ3) is 4.74. The number of nitriles is 1. The van der Waals surface area contributed by atoms with Crippen molar-refractivity contribution in [2.24, 2.45) is 5.41 Å². The molecule has 3 fully saturated rings. The van der Waals surface area contributed by atoms with Crippen LogP contribution in [0, 0.1) is 22.6 Å². The summed E-state index contributed by atoms with van der Waals surface area (Å²) in [7, 11) is 0. The number of ether oxygens (including phenoxy) is 2. The Morgan fingerprint density at radius 1 is 1.17 bits per heavy atom. The Morgan fingerprint density at radius 2 is 2.00 bits per heavy atom. The van der Waals surface area contributed by atoms with Gasteiger partial charge in [-0.15, -0.1) is 0 Å². The van der Waals surface area contributed by atoms with Gasteiger partial charge in [0.25, 0.3) is 5.79 Å². The Balaban J connectivity index is 1.07. The van der Waals surface area contributed by atoms with E-state index in [1.165, 1.54) is 6.07 Å². The van der Waals surface area contributed by atoms with Gasteiger partial charge in [0.15, 0.2) is 17.3 Å². The molecule has 4 heterocycles. The number of hydrogen-bond donors (Lipinski definition) is 1. The van der Waals surface area contributed by atoms with Crippen molar-refractivity contribution in [1.29, 1.82) is 5.26 Å². The van der Waals surface area contributed by atoms with Crippen LogP contribution in [0.1, 0.15) is 60.9 Å². The number of piperazine rings is 1. The van der Waals surface area contributed by atoms with Crippen LogP contribution >= 0.6 is 11.6 Å². The summed E-state index contributed by atoms with van der Waals surface area (Å²) in [6, 6.07) is 14.9. The number of anilines is 1. The van der Waals surface area contributed by atoms with Crippen molar-refractivity contribution in [1.82, 2.24) is 19.4 Å². The molecule has 2 saturated carbocycles. The van der Waals surface area contributed by atoms with Crippen LogP contribution in [-0.4, -0.2) is 55.7 Å². The number of halogens is 2. The first-order chi connectivity index (χ1) is 22.2. The Bertz CT molecular complexity index is 1920. The SMILES string of the molecule is C[C@]1(c2ccc(Cl)cn2)Oc2cccc(N3CCN(Cc4nc5c(F)cc(C(=O)O)cc5n4CC4(CC#N)CC4)[C@@H]4CC[C@H]43)c2O1. The largest absolute Gasteiger partial charge is 0.478 e. The summed E-state index contributed by atoms with van der Waals surface area (Å²) in [6.45, 7) is 4.36. The maximum atomic E-state index is 15.2. The quantitative estimate of drug-likeness (QED) is 0.243. The summed E-state index contributed by atoms with van der Waals surface area (Å²) in [5.74, 6) is -0.857. The number of fused-ring (bicyclic) bond motifs is 3. The summed E-state index contributed by atoms with van der Waals surface area (Å²) >= 11 is 6.07. The monoisotopic (exact) mass is 642 g/mol. The number of aromatic carboxylic acids is 1. The first kappa shape index (κ1) is 29.0. The number of hydrogen-bond acceptors (Lipinski definition) is 8. The second-order valence-electron chi connectivity index (χ2n) is 13.1. The summed E-state index contributed by atoms with van der Waals surface area (Å²) < 4.78 is 30.0. The number of carboxylic acid groups (broad SMARTS) is 1. The maximum absolute atomic E-state index is 15.2. The molecule has 2 aliphatic heterocycles. The van der Waals surface area contributed by atoms with Gasteiger partial charge >= 0.3 is 5.97 Å². The summed E-state index contributed by atoms with van der Waals surface area (Å²) in [5, 5.41) is 19.6. The van der Waals surface area contributed by atoms with Crippen molar-refractivity contribution in [2.75, 3.05) is 18.0 Å². The van der Waals surface area contributed by atoms with Crippen LogP contribution in [0.3, 0.4) is 0 Å². The van der Waals surface area contributed by atoms with Gasteiger partial charge < -0.3 is 24.0 Å². The van der Waals surface area contributed by atoms with E-state index >= 15 is 4.39 Å². The van der Waals surface area contributed by atoms with Gasteiger partial charge in [-0.05, 0) is 62.1 Å². The number of pyridine rings is 1. The third-order valence-electron chi connectivity index (χ3n) is 10.1. The molecule has 236 valence electrons. The predicted octanol–water partition coefficient (Wildman–Crippen LogP) is 6.11. The highest BCUT2D eigenvalue weighted by molar-refractivity contribution is 6.30. The highest BCUT2D eigenvalue weighted by Gasteiger charge is 2.48. The first-order valence-corrected chi connectivity index (χ1v) is 16.0. The average molecular weight is 643 g/mol. The van der Waals surface area contributed by atoms with Gasteiger partial charge in [0.05, 0.1) is 34.4 Å². The molecule has 12 heteroatoms. The summed E-state index contributed by atoms with van der Waals surface area (Å²) in [6.07, 6.45) is 5.82. The molecule has 0 radical (unpaired) electrons. The molecule has 2 aliphatic carbocycles. The number of imidazole rings is 1. The molecule has 0 bridgehead atoms. The molecule has 0 unspecified atom stereocenters. The smallest absolute Gasteiger partial charge is 0.335 e. The average Bonchev–Trinajstić information content (AvgIpc) is 3.54. The number of para-hydroxylation sites is 1. The standard InChI is InChI=1S/C34H32ClFN6O4/c1-33(28-8-5-21(35)17-38-28)45-27-4-2-3-25(31(27)46-33)41-14-13-40(23-6-7-24(23)41)18-29-39-30-22(36)15-20(32(43)44)16-26(30)42(29)19-34(9-10-34)11-12-37/h2-5,8,15-17,23-24H,6-7,9-11,13-14,18-19H2,1H3,(H,43,44)/t23-,24-,33+/m1/s1. The van der Waals surface area contributed by atoms with Crippen molar-refractivity contribution in [3.8, 4) is 17.6 Å². The van der Waals surface area contributed by atoms with Crippen molar-refractivity contribution >= 4 is 34.3 Å². The van der Waals surface area contributed by atoms with Gasteiger partial charge in [-0.3, -0.25) is 9.88 Å². The fourth-order valence-corrected chi connectivity index (χ4v) is 7.42. The summed E-state index contributed by atoms with van der Waals surface area (Å²) in [5.41, 5.74) is 1.95. The van der Waals surface area contributed by atoms with Crippen molar-refractivity contribution in [3.05, 3.63) is 76.6 Å². The van der Waals surface area contributed by atoms with Crippen LogP contribution in [0.2, 0.25) is 5.02 Å². The Kier molecular flexibility index (Phi) is 6.67. The van der Waals surface area contributed by atoms with E-state index in [0.717, 1.165) is 50.5 Å². The molecule has 0 amide bonds. The molecule has 4 aromatic rings. The van der Waals surface area contributed by atoms with Crippen LogP contribution in [0.4, 0.5) is 10.1 Å². The zero-order valence-electron chi connectivity index (χ0n) is 25.2. The fraction of sp³-hybridized carbons (Fsp3) is 0.412. The zero-order chi connectivity index (χ0) is 31.8. The van der Waals surface area contributed by atoms with Gasteiger partial charge in [0.2, 0.25) is 0 Å². The number of benzene rings is 2. The predicted molar refractivity (Wildman–Crippen MR) is 167 cm³/mol. The Hall–Kier alpha value is -4.40. The van der Waals surface area contributed by atoms with Gasteiger partial charge in [0, 0.05) is 56.7 Å². The fourth-order valence-electron chi connectivity index (χ4n) is 7.31. The van der Waals surface area contributed by atoms with E-state index < -0.39 is 17.6 Å². The molecule has 0 spiro atoms. The van der Waals surface area contributed by atoms with E-state index in [0.29, 0.717) is 53.1 Å². The van der Waals surface area contributed by atoms with Gasteiger partial charge in [0.1, 0.15) is 17.0 Å². The number of rotatable bonds is 8. The highest BCUT2D eigenvalue weighted by atomic mass is 35.5. The van der Waals surface area contributed by atoms with Crippen LogP contribution in [-0.2, 0) is 18.9 Å². The van der Waals surface area contributed by atoms with E-state index in [2.05, 4.69) is 26.9 Å². The van der Waals surface area contributed by atoms with E-state index in [-0.39, 0.29) is 28.6 Å². The number of nitrogens with zero attached hydrogens (tertiary/aromatic N) is 6. The van der Waals surface area contributed by atoms with Crippen molar-refractivity contribution in [3.63, 3.8) is 0 Å². The van der Waals surface area contributed by atoms with Crippen LogP contribution in [0.5, 0.6) is 11.5 Å². The number of carbonyl (C=O) groups is 1. The second kappa shape index (κ2) is 10.6. The molecule has 8 rings (SSSR count). The zero-order valence-corrected chi connectivity index (χ0v) is 26.0. The summed E-state index contributed by atoms with van der Waals surface area (Å²) in [4.78, 5) is 25.8. The Labute approximate surface area is 269 Å². The first-order valence-electron chi connectivity index (χ1n) is 15.6. The van der Waals surface area contributed by atoms with E-state index in [1.54, 1.807) is 12.3 Å². The van der Waals surface area contributed by atoms with Crippen LogP contribution in [0.15, 0.2) is 48.7 Å². The lowest BCUT2D eigenvalue weighted by atomic mass is 9.81. The van der Waals surface area contributed by atoms with Crippen molar-refractivity contribution in [2.45, 2.75) is 70.0 Å².